The van der Waals surface area contributed by atoms with Gasteiger partial charge in [0.15, 0.2) is 0 Å². The summed E-state index contributed by atoms with van der Waals surface area (Å²) in [6.45, 7) is 2.21. The van der Waals surface area contributed by atoms with Crippen LogP contribution in [0.15, 0.2) is 60.7 Å². The summed E-state index contributed by atoms with van der Waals surface area (Å²) >= 11 is 1.64. The molecule has 1 heterocycles. The van der Waals surface area contributed by atoms with Gasteiger partial charge >= 0.3 is 29.6 Å². The van der Waals surface area contributed by atoms with Crippen LogP contribution in [0.2, 0.25) is 0 Å². The fraction of sp³-hybridized carbons (Fsp3) is 0.182. The zero-order valence-corrected chi connectivity index (χ0v) is 19.4. The number of carbonyl (C=O) groups excluding carboxylic acids is 1. The first-order valence-electron chi connectivity index (χ1n) is 8.98. The van der Waals surface area contributed by atoms with Gasteiger partial charge in [0, 0.05) is 7.05 Å². The average molecular weight is 416 g/mol. The first-order chi connectivity index (χ1) is 13.5. The number of carbonyl (C=O) groups is 1. The van der Waals surface area contributed by atoms with Gasteiger partial charge in [-0.3, -0.25) is 10.0 Å². The Kier molecular flexibility index (Phi) is 6.93. The van der Waals surface area contributed by atoms with Crippen LogP contribution in [0, 0.1) is 0 Å². The van der Waals surface area contributed by atoms with E-state index in [9.17, 15) is 10.0 Å². The van der Waals surface area contributed by atoms with Crippen molar-refractivity contribution in [3.8, 4) is 5.75 Å². The molecule has 0 saturated heterocycles. The molecular formula is C22H21N2NaO3S. The zero-order valence-electron chi connectivity index (χ0n) is 17.6. The summed E-state index contributed by atoms with van der Waals surface area (Å²) in [6.07, 6.45) is 0. The predicted octanol–water partition coefficient (Wildman–Crippen LogP) is 2.10. The van der Waals surface area contributed by atoms with E-state index < -0.39 is 5.92 Å². The van der Waals surface area contributed by atoms with E-state index in [1.165, 1.54) is 7.05 Å². The molecule has 0 aliphatic rings. The molecule has 3 aromatic carbocycles. The van der Waals surface area contributed by atoms with E-state index >= 15 is 0 Å². The zero-order chi connectivity index (χ0) is 19.7. The quantitative estimate of drug-likeness (QED) is 0.308. The molecule has 0 bridgehead atoms. The summed E-state index contributed by atoms with van der Waals surface area (Å²) in [5.41, 5.74) is 1.86. The minimum atomic E-state index is -0.408. The van der Waals surface area contributed by atoms with E-state index in [-0.39, 0.29) is 36.9 Å². The van der Waals surface area contributed by atoms with Gasteiger partial charge in [-0.05, 0) is 47.5 Å². The van der Waals surface area contributed by atoms with Crippen molar-refractivity contribution in [2.24, 2.45) is 0 Å². The minimum Gasteiger partial charge on any atom is -1.00 e. The number of hydrogen-bond donors (Lipinski definition) is 1. The van der Waals surface area contributed by atoms with Gasteiger partial charge in [0.25, 0.3) is 5.91 Å². The summed E-state index contributed by atoms with van der Waals surface area (Å²) in [6, 6.07) is 19.8. The Morgan fingerprint density at radius 1 is 1.17 bits per heavy atom. The molecule has 1 amide bonds. The van der Waals surface area contributed by atoms with Gasteiger partial charge < -0.3 is 6.16 Å². The van der Waals surface area contributed by atoms with Crippen molar-refractivity contribution >= 4 is 38.2 Å². The van der Waals surface area contributed by atoms with E-state index in [0.717, 1.165) is 37.3 Å². The number of likely N-dealkylation sites (N-methyl/N-ethyl adjacent to an activating group) is 1. The number of nitrogens with zero attached hydrogens (tertiary/aromatic N) is 2. The van der Waals surface area contributed by atoms with Crippen molar-refractivity contribution in [2.45, 2.75) is 19.4 Å². The predicted molar refractivity (Wildman–Crippen MR) is 112 cm³/mol. The van der Waals surface area contributed by atoms with Crippen molar-refractivity contribution < 1.29 is 45.7 Å². The molecule has 7 heteroatoms. The third-order valence-corrected chi connectivity index (χ3v) is 5.74. The van der Waals surface area contributed by atoms with E-state index in [2.05, 4.69) is 11.1 Å². The van der Waals surface area contributed by atoms with Crippen molar-refractivity contribution in [1.82, 2.24) is 10.0 Å². The number of para-hydroxylation sites is 1. The largest absolute Gasteiger partial charge is 1.00 e. The molecule has 1 N–H and O–H groups in total. The molecule has 0 unspecified atom stereocenters. The molecule has 0 aliphatic carbocycles. The number of hydrogen-bond acceptors (Lipinski definition) is 5. The monoisotopic (exact) mass is 416 g/mol. The van der Waals surface area contributed by atoms with Crippen LogP contribution in [-0.4, -0.2) is 28.2 Å². The summed E-state index contributed by atoms with van der Waals surface area (Å²) in [7, 11) is 1.34. The number of benzene rings is 3. The molecule has 0 saturated carbocycles. The Morgan fingerprint density at radius 3 is 2.66 bits per heavy atom. The Balaban J connectivity index is 0.00000160. The molecule has 4 rings (SSSR count). The van der Waals surface area contributed by atoms with Crippen molar-refractivity contribution in [2.75, 3.05) is 7.05 Å². The standard InChI is InChI=1S/C22H20N2O3S.Na.H/c1-14(22(25)24(2)26)15-7-8-17-12-18(10-9-16(17)11-15)27-13-21-23-19-5-3-4-6-20(19)28-21;;/h3-12,14,26H,13H2,1-2H3;;/q;+1;-1/t14-;;/m0../s1. The Morgan fingerprint density at radius 2 is 1.90 bits per heavy atom. The van der Waals surface area contributed by atoms with Crippen LogP contribution in [0.5, 0.6) is 5.75 Å². The molecular weight excluding hydrogens is 395 g/mol. The number of ether oxygens (including phenoxy) is 1. The second-order valence-corrected chi connectivity index (χ2v) is 7.83. The van der Waals surface area contributed by atoms with E-state index in [0.29, 0.717) is 11.7 Å². The molecule has 4 aromatic rings. The molecule has 29 heavy (non-hydrogen) atoms. The summed E-state index contributed by atoms with van der Waals surface area (Å²) in [5, 5.41) is 13.0. The third-order valence-electron chi connectivity index (χ3n) is 4.73. The second-order valence-electron chi connectivity index (χ2n) is 6.72. The molecule has 5 nitrogen and oxygen atoms in total. The van der Waals surface area contributed by atoms with Crippen LogP contribution in [0.4, 0.5) is 0 Å². The van der Waals surface area contributed by atoms with E-state index in [1.807, 2.05) is 54.6 Å². The fourth-order valence-electron chi connectivity index (χ4n) is 3.15. The number of amides is 1. The molecule has 0 spiro atoms. The van der Waals surface area contributed by atoms with E-state index in [1.54, 1.807) is 18.3 Å². The fourth-order valence-corrected chi connectivity index (χ4v) is 4.03. The normalized spacial score (nSPS) is 11.8. The van der Waals surface area contributed by atoms with Crippen LogP contribution in [0.25, 0.3) is 21.0 Å². The molecule has 0 fully saturated rings. The number of rotatable bonds is 5. The van der Waals surface area contributed by atoms with Crippen LogP contribution < -0.4 is 34.3 Å². The maximum Gasteiger partial charge on any atom is 1.00 e. The number of thiazole rings is 1. The molecule has 0 radical (unpaired) electrons. The smallest absolute Gasteiger partial charge is 1.00 e. The Labute approximate surface area is 196 Å². The maximum absolute atomic E-state index is 12.0. The number of fused-ring (bicyclic) bond motifs is 2. The van der Waals surface area contributed by atoms with Crippen LogP contribution in [-0.2, 0) is 11.4 Å². The number of hydroxylamine groups is 2. The van der Waals surface area contributed by atoms with Crippen molar-refractivity contribution in [3.05, 3.63) is 71.2 Å². The third kappa shape index (κ3) is 4.79. The van der Waals surface area contributed by atoms with Gasteiger partial charge in [-0.15, -0.1) is 11.3 Å². The molecule has 0 aliphatic heterocycles. The van der Waals surface area contributed by atoms with Crippen LogP contribution >= 0.6 is 11.3 Å². The second kappa shape index (κ2) is 9.24. The van der Waals surface area contributed by atoms with Gasteiger partial charge in [-0.2, -0.15) is 0 Å². The Hall–Kier alpha value is -1.96. The summed E-state index contributed by atoms with van der Waals surface area (Å²) in [4.78, 5) is 16.6. The van der Waals surface area contributed by atoms with Gasteiger partial charge in [0.1, 0.15) is 17.4 Å². The molecule has 1 aromatic heterocycles. The summed E-state index contributed by atoms with van der Waals surface area (Å²) in [5.74, 6) is 0.0308. The topological polar surface area (TPSA) is 62.7 Å². The van der Waals surface area contributed by atoms with Crippen LogP contribution in [0.1, 0.15) is 24.8 Å². The molecule has 144 valence electrons. The SMILES string of the molecule is C[C@H](C(=O)N(C)O)c1ccc2cc(OCc3nc4ccccc4s3)ccc2c1.[H-].[Na+]. The van der Waals surface area contributed by atoms with Gasteiger partial charge in [0.2, 0.25) is 0 Å². The van der Waals surface area contributed by atoms with Crippen molar-refractivity contribution in [1.29, 1.82) is 0 Å². The van der Waals surface area contributed by atoms with Gasteiger partial charge in [-0.1, -0.05) is 36.4 Å². The first-order valence-corrected chi connectivity index (χ1v) is 9.80. The molecule has 1 atom stereocenters. The van der Waals surface area contributed by atoms with Crippen molar-refractivity contribution in [3.63, 3.8) is 0 Å². The van der Waals surface area contributed by atoms with Crippen LogP contribution in [0.3, 0.4) is 0 Å². The minimum absolute atomic E-state index is 0. The average Bonchev–Trinajstić information content (AvgIpc) is 3.13. The summed E-state index contributed by atoms with van der Waals surface area (Å²) < 4.78 is 7.09. The number of aromatic nitrogens is 1. The van der Waals surface area contributed by atoms with Gasteiger partial charge in [0.05, 0.1) is 16.1 Å². The van der Waals surface area contributed by atoms with Gasteiger partial charge in [-0.25, -0.2) is 10.0 Å². The Bertz CT molecular complexity index is 1130. The first kappa shape index (κ1) is 21.7. The van der Waals surface area contributed by atoms with E-state index in [4.69, 9.17) is 4.74 Å². The maximum atomic E-state index is 12.0.